The quantitative estimate of drug-likeness (QED) is 0.691. The molecular formula is C11H11N3O. The third-order valence-corrected chi connectivity index (χ3v) is 2.09. The van der Waals surface area contributed by atoms with Gasteiger partial charge in [0.05, 0.1) is 5.69 Å². The molecule has 0 spiro atoms. The molecule has 0 atom stereocenters. The van der Waals surface area contributed by atoms with E-state index in [9.17, 15) is 4.79 Å². The lowest BCUT2D eigenvalue weighted by atomic mass is 10.1. The summed E-state index contributed by atoms with van der Waals surface area (Å²) in [6.07, 6.45) is 3.40. The van der Waals surface area contributed by atoms with Crippen LogP contribution in [0.5, 0.6) is 0 Å². The van der Waals surface area contributed by atoms with E-state index in [1.54, 1.807) is 18.5 Å². The highest BCUT2D eigenvalue weighted by Crippen LogP contribution is 2.25. The number of benzene rings is 1. The van der Waals surface area contributed by atoms with Crippen LogP contribution in [-0.2, 0) is 4.79 Å². The first-order valence-electron chi connectivity index (χ1n) is 4.57. The number of hydrogen-bond acceptors (Lipinski definition) is 3. The molecule has 4 nitrogen and oxygen atoms in total. The highest BCUT2D eigenvalue weighted by molar-refractivity contribution is 6.02. The zero-order valence-electron chi connectivity index (χ0n) is 8.32. The molecule has 0 radical (unpaired) electrons. The van der Waals surface area contributed by atoms with Gasteiger partial charge in [-0.25, -0.2) is 0 Å². The van der Waals surface area contributed by atoms with Crippen molar-refractivity contribution < 1.29 is 4.79 Å². The zero-order valence-corrected chi connectivity index (χ0v) is 8.32. The SMILES string of the molecule is CC(=O)Nc1cc(N)cc2cnccc12. The van der Waals surface area contributed by atoms with Crippen molar-refractivity contribution >= 4 is 28.1 Å². The van der Waals surface area contributed by atoms with Crippen LogP contribution in [-0.4, -0.2) is 10.9 Å². The molecule has 4 heteroatoms. The fourth-order valence-electron chi connectivity index (χ4n) is 1.53. The predicted molar refractivity (Wildman–Crippen MR) is 60.5 cm³/mol. The van der Waals surface area contributed by atoms with Crippen molar-refractivity contribution in [2.75, 3.05) is 11.1 Å². The maximum Gasteiger partial charge on any atom is 0.221 e. The molecule has 0 aliphatic carbocycles. The first kappa shape index (κ1) is 9.45. The number of pyridine rings is 1. The molecule has 0 aliphatic rings. The first-order chi connectivity index (χ1) is 7.16. The molecule has 0 saturated carbocycles. The molecule has 0 fully saturated rings. The number of nitrogen functional groups attached to an aromatic ring is 1. The third-order valence-electron chi connectivity index (χ3n) is 2.09. The molecule has 1 aromatic carbocycles. The standard InChI is InChI=1S/C11H11N3O/c1-7(15)14-11-5-9(12)4-8-6-13-3-2-10(8)11/h2-6H,12H2,1H3,(H,14,15). The maximum atomic E-state index is 11.0. The Morgan fingerprint density at radius 1 is 1.47 bits per heavy atom. The Labute approximate surface area is 87.1 Å². The zero-order chi connectivity index (χ0) is 10.8. The van der Waals surface area contributed by atoms with Gasteiger partial charge in [-0.15, -0.1) is 0 Å². The van der Waals surface area contributed by atoms with Gasteiger partial charge in [-0.2, -0.15) is 0 Å². The van der Waals surface area contributed by atoms with Gasteiger partial charge in [0.2, 0.25) is 5.91 Å². The van der Waals surface area contributed by atoms with E-state index in [1.165, 1.54) is 6.92 Å². The summed E-state index contributed by atoms with van der Waals surface area (Å²) in [6.45, 7) is 1.47. The second kappa shape index (κ2) is 3.57. The summed E-state index contributed by atoms with van der Waals surface area (Å²) in [6, 6.07) is 5.41. The molecule has 3 N–H and O–H groups in total. The lowest BCUT2D eigenvalue weighted by Crippen LogP contribution is -2.06. The van der Waals surface area contributed by atoms with Crippen LogP contribution >= 0.6 is 0 Å². The van der Waals surface area contributed by atoms with Crippen LogP contribution in [0.3, 0.4) is 0 Å². The van der Waals surface area contributed by atoms with Crippen LogP contribution in [0, 0.1) is 0 Å². The fourth-order valence-corrected chi connectivity index (χ4v) is 1.53. The second-order valence-electron chi connectivity index (χ2n) is 3.35. The van der Waals surface area contributed by atoms with Crippen molar-refractivity contribution in [3.8, 4) is 0 Å². The number of hydrogen-bond donors (Lipinski definition) is 2. The monoisotopic (exact) mass is 201 g/mol. The summed E-state index contributed by atoms with van der Waals surface area (Å²) in [4.78, 5) is 15.0. The van der Waals surface area contributed by atoms with Crippen LogP contribution in [0.1, 0.15) is 6.92 Å². The second-order valence-corrected chi connectivity index (χ2v) is 3.35. The number of rotatable bonds is 1. The average Bonchev–Trinajstić information content (AvgIpc) is 2.16. The van der Waals surface area contributed by atoms with Crippen LogP contribution in [0.2, 0.25) is 0 Å². The Bertz CT molecular complexity index is 522. The van der Waals surface area contributed by atoms with E-state index in [2.05, 4.69) is 10.3 Å². The van der Waals surface area contributed by atoms with E-state index >= 15 is 0 Å². The highest BCUT2D eigenvalue weighted by Gasteiger charge is 2.03. The predicted octanol–water partition coefficient (Wildman–Crippen LogP) is 1.78. The van der Waals surface area contributed by atoms with E-state index in [1.807, 2.05) is 12.1 Å². The fraction of sp³-hybridized carbons (Fsp3) is 0.0909. The molecule has 2 rings (SSSR count). The lowest BCUT2D eigenvalue weighted by Gasteiger charge is -2.07. The summed E-state index contributed by atoms with van der Waals surface area (Å²) in [5.74, 6) is -0.112. The number of fused-ring (bicyclic) bond motifs is 1. The minimum absolute atomic E-state index is 0.112. The number of carbonyl (C=O) groups excluding carboxylic acids is 1. The van der Waals surface area contributed by atoms with Gasteiger partial charge in [0.25, 0.3) is 0 Å². The van der Waals surface area contributed by atoms with Gasteiger partial charge in [-0.1, -0.05) is 0 Å². The molecule has 1 amide bonds. The number of nitrogens with one attached hydrogen (secondary N) is 1. The molecule has 1 aromatic heterocycles. The van der Waals surface area contributed by atoms with Crippen molar-refractivity contribution in [1.29, 1.82) is 0 Å². The van der Waals surface area contributed by atoms with Crippen molar-refractivity contribution in [1.82, 2.24) is 4.98 Å². The molecule has 0 saturated heterocycles. The van der Waals surface area contributed by atoms with Crippen molar-refractivity contribution in [2.24, 2.45) is 0 Å². The molecule has 2 aromatic rings. The van der Waals surface area contributed by atoms with Gasteiger partial charge >= 0.3 is 0 Å². The van der Waals surface area contributed by atoms with Gasteiger partial charge in [0.15, 0.2) is 0 Å². The molecule has 0 aliphatic heterocycles. The number of nitrogens with zero attached hydrogens (tertiary/aromatic N) is 1. The molecule has 1 heterocycles. The van der Waals surface area contributed by atoms with Crippen LogP contribution in [0.4, 0.5) is 11.4 Å². The molecule has 15 heavy (non-hydrogen) atoms. The number of aromatic nitrogens is 1. The Balaban J connectivity index is 2.65. The van der Waals surface area contributed by atoms with Crippen LogP contribution in [0.25, 0.3) is 10.8 Å². The van der Waals surface area contributed by atoms with Gasteiger partial charge in [-0.05, 0) is 18.2 Å². The first-order valence-corrected chi connectivity index (χ1v) is 4.57. The van der Waals surface area contributed by atoms with E-state index in [0.717, 1.165) is 16.5 Å². The normalized spacial score (nSPS) is 10.2. The Hall–Kier alpha value is -2.10. The summed E-state index contributed by atoms with van der Waals surface area (Å²) in [5.41, 5.74) is 7.05. The van der Waals surface area contributed by atoms with Gasteiger partial charge in [0, 0.05) is 35.8 Å². The number of carbonyl (C=O) groups is 1. The van der Waals surface area contributed by atoms with E-state index in [0.29, 0.717) is 5.69 Å². The van der Waals surface area contributed by atoms with Gasteiger partial charge < -0.3 is 11.1 Å². The van der Waals surface area contributed by atoms with Gasteiger partial charge in [0.1, 0.15) is 0 Å². The minimum Gasteiger partial charge on any atom is -0.399 e. The highest BCUT2D eigenvalue weighted by atomic mass is 16.1. The van der Waals surface area contributed by atoms with Crippen LogP contribution in [0.15, 0.2) is 30.6 Å². The van der Waals surface area contributed by atoms with Crippen molar-refractivity contribution in [3.05, 3.63) is 30.6 Å². The number of nitrogens with two attached hydrogens (primary N) is 1. The summed E-state index contributed by atoms with van der Waals surface area (Å²) in [7, 11) is 0. The van der Waals surface area contributed by atoms with Crippen molar-refractivity contribution in [2.45, 2.75) is 6.92 Å². The Kier molecular flexibility index (Phi) is 2.25. The lowest BCUT2D eigenvalue weighted by molar-refractivity contribution is -0.114. The molecule has 0 bridgehead atoms. The minimum atomic E-state index is -0.112. The molecule has 76 valence electrons. The number of anilines is 2. The summed E-state index contributed by atoms with van der Waals surface area (Å²) in [5, 5.41) is 4.60. The van der Waals surface area contributed by atoms with Crippen LogP contribution < -0.4 is 11.1 Å². The van der Waals surface area contributed by atoms with Gasteiger partial charge in [-0.3, -0.25) is 9.78 Å². The van der Waals surface area contributed by atoms with Crippen molar-refractivity contribution in [3.63, 3.8) is 0 Å². The maximum absolute atomic E-state index is 11.0. The van der Waals surface area contributed by atoms with E-state index in [4.69, 9.17) is 5.73 Å². The summed E-state index contributed by atoms with van der Waals surface area (Å²) >= 11 is 0. The van der Waals surface area contributed by atoms with E-state index < -0.39 is 0 Å². The largest absolute Gasteiger partial charge is 0.399 e. The average molecular weight is 201 g/mol. The Morgan fingerprint density at radius 3 is 3.00 bits per heavy atom. The smallest absolute Gasteiger partial charge is 0.221 e. The Morgan fingerprint density at radius 2 is 2.27 bits per heavy atom. The number of amides is 1. The topological polar surface area (TPSA) is 68.0 Å². The summed E-state index contributed by atoms with van der Waals surface area (Å²) < 4.78 is 0. The van der Waals surface area contributed by atoms with E-state index in [-0.39, 0.29) is 5.91 Å². The molecular weight excluding hydrogens is 190 g/mol. The molecule has 0 unspecified atom stereocenters. The third kappa shape index (κ3) is 1.88.